The van der Waals surface area contributed by atoms with Crippen molar-refractivity contribution in [3.8, 4) is 0 Å². The molecule has 0 saturated heterocycles. The van der Waals surface area contributed by atoms with E-state index in [2.05, 4.69) is 21.2 Å². The Hall–Kier alpha value is -1.33. The van der Waals surface area contributed by atoms with Crippen molar-refractivity contribution in [3.63, 3.8) is 0 Å². The van der Waals surface area contributed by atoms with E-state index in [0.29, 0.717) is 6.54 Å². The SMILES string of the molecule is CCNC(c1cccc(Br)c1F)c1c(F)cccc1F. The average Bonchev–Trinajstić information content (AvgIpc) is 2.41. The first-order chi connectivity index (χ1) is 9.56. The van der Waals surface area contributed by atoms with Gasteiger partial charge in [0.25, 0.3) is 0 Å². The third-order valence-corrected chi connectivity index (χ3v) is 3.60. The topological polar surface area (TPSA) is 12.0 Å². The van der Waals surface area contributed by atoms with Crippen molar-refractivity contribution in [1.29, 1.82) is 0 Å². The van der Waals surface area contributed by atoms with Crippen LogP contribution >= 0.6 is 15.9 Å². The minimum atomic E-state index is -0.876. The summed E-state index contributed by atoms with van der Waals surface area (Å²) in [6, 6.07) is 7.43. The lowest BCUT2D eigenvalue weighted by Crippen LogP contribution is -2.25. The first-order valence-corrected chi connectivity index (χ1v) is 6.96. The number of benzene rings is 2. The fourth-order valence-corrected chi connectivity index (χ4v) is 2.48. The molecule has 106 valence electrons. The maximum Gasteiger partial charge on any atom is 0.142 e. The van der Waals surface area contributed by atoms with Crippen molar-refractivity contribution in [2.75, 3.05) is 6.54 Å². The largest absolute Gasteiger partial charge is 0.306 e. The van der Waals surface area contributed by atoms with Gasteiger partial charge in [0.05, 0.1) is 10.5 Å². The summed E-state index contributed by atoms with van der Waals surface area (Å²) in [4.78, 5) is 0. The highest BCUT2D eigenvalue weighted by atomic mass is 79.9. The Morgan fingerprint density at radius 2 is 1.65 bits per heavy atom. The molecule has 0 aromatic heterocycles. The summed E-state index contributed by atoms with van der Waals surface area (Å²) in [5.74, 6) is -1.92. The second-order valence-electron chi connectivity index (χ2n) is 4.27. The van der Waals surface area contributed by atoms with Gasteiger partial charge in [-0.05, 0) is 40.7 Å². The highest BCUT2D eigenvalue weighted by Gasteiger charge is 2.24. The van der Waals surface area contributed by atoms with Crippen molar-refractivity contribution in [2.45, 2.75) is 13.0 Å². The summed E-state index contributed by atoms with van der Waals surface area (Å²) in [5, 5.41) is 2.92. The number of halogens is 4. The monoisotopic (exact) mass is 343 g/mol. The Labute approximate surface area is 123 Å². The number of rotatable bonds is 4. The van der Waals surface area contributed by atoms with Crippen molar-refractivity contribution in [1.82, 2.24) is 5.32 Å². The molecule has 0 aliphatic rings. The lowest BCUT2D eigenvalue weighted by molar-refractivity contribution is 0.494. The van der Waals surface area contributed by atoms with Gasteiger partial charge in [-0.15, -0.1) is 0 Å². The maximum atomic E-state index is 14.2. The molecule has 0 aliphatic carbocycles. The Bertz CT molecular complexity index is 596. The molecule has 0 aliphatic heterocycles. The number of hydrogen-bond acceptors (Lipinski definition) is 1. The molecule has 20 heavy (non-hydrogen) atoms. The van der Waals surface area contributed by atoms with E-state index < -0.39 is 23.5 Å². The molecule has 0 bridgehead atoms. The third kappa shape index (κ3) is 2.88. The lowest BCUT2D eigenvalue weighted by atomic mass is 9.97. The second-order valence-corrected chi connectivity index (χ2v) is 5.12. The molecule has 1 unspecified atom stereocenters. The summed E-state index contributed by atoms with van der Waals surface area (Å²) >= 11 is 3.08. The standard InChI is InChI=1S/C15H13BrF3N/c1-2-20-15(9-5-3-6-10(16)14(9)19)13-11(17)7-4-8-12(13)18/h3-8,15,20H,2H2,1H3. The van der Waals surface area contributed by atoms with Crippen LogP contribution in [-0.4, -0.2) is 6.54 Å². The van der Waals surface area contributed by atoms with Gasteiger partial charge in [-0.3, -0.25) is 0 Å². The highest BCUT2D eigenvalue weighted by Crippen LogP contribution is 2.31. The van der Waals surface area contributed by atoms with Crippen LogP contribution in [-0.2, 0) is 0 Å². The lowest BCUT2D eigenvalue weighted by Gasteiger charge is -2.21. The number of hydrogen-bond donors (Lipinski definition) is 1. The van der Waals surface area contributed by atoms with Crippen LogP contribution in [0.2, 0.25) is 0 Å². The predicted molar refractivity (Wildman–Crippen MR) is 76.0 cm³/mol. The van der Waals surface area contributed by atoms with E-state index in [1.165, 1.54) is 24.3 Å². The van der Waals surface area contributed by atoms with E-state index in [4.69, 9.17) is 0 Å². The van der Waals surface area contributed by atoms with Gasteiger partial charge in [-0.25, -0.2) is 13.2 Å². The average molecular weight is 344 g/mol. The Morgan fingerprint density at radius 3 is 2.25 bits per heavy atom. The molecule has 0 radical (unpaired) electrons. The van der Waals surface area contributed by atoms with Crippen LogP contribution in [0.15, 0.2) is 40.9 Å². The van der Waals surface area contributed by atoms with Crippen molar-refractivity contribution < 1.29 is 13.2 Å². The minimum Gasteiger partial charge on any atom is -0.306 e. The molecule has 2 rings (SSSR count). The van der Waals surface area contributed by atoms with Crippen molar-refractivity contribution in [3.05, 3.63) is 69.4 Å². The van der Waals surface area contributed by atoms with Gasteiger partial charge in [0.15, 0.2) is 0 Å². The van der Waals surface area contributed by atoms with Crippen LogP contribution in [0, 0.1) is 17.5 Å². The summed E-state index contributed by atoms with van der Waals surface area (Å²) in [6.45, 7) is 2.24. The van der Waals surface area contributed by atoms with E-state index in [9.17, 15) is 13.2 Å². The molecule has 2 aromatic carbocycles. The van der Waals surface area contributed by atoms with Crippen LogP contribution in [0.4, 0.5) is 13.2 Å². The Kier molecular flexibility index (Phi) is 4.83. The zero-order valence-electron chi connectivity index (χ0n) is 10.8. The first-order valence-electron chi connectivity index (χ1n) is 6.17. The highest BCUT2D eigenvalue weighted by molar-refractivity contribution is 9.10. The smallest absolute Gasteiger partial charge is 0.142 e. The van der Waals surface area contributed by atoms with E-state index in [1.807, 2.05) is 0 Å². The van der Waals surface area contributed by atoms with Gasteiger partial charge in [-0.2, -0.15) is 0 Å². The fourth-order valence-electron chi connectivity index (χ4n) is 2.10. The molecule has 0 spiro atoms. The summed E-state index contributed by atoms with van der Waals surface area (Å²) < 4.78 is 42.3. The van der Waals surface area contributed by atoms with E-state index >= 15 is 0 Å². The molecule has 2 aromatic rings. The maximum absolute atomic E-state index is 14.2. The van der Waals surface area contributed by atoms with Gasteiger partial charge >= 0.3 is 0 Å². The minimum absolute atomic E-state index is 0.175. The Morgan fingerprint density at radius 1 is 1.05 bits per heavy atom. The zero-order chi connectivity index (χ0) is 14.7. The van der Waals surface area contributed by atoms with E-state index in [0.717, 1.165) is 0 Å². The normalized spacial score (nSPS) is 12.4. The van der Waals surface area contributed by atoms with Crippen molar-refractivity contribution in [2.24, 2.45) is 0 Å². The Balaban J connectivity index is 2.60. The third-order valence-electron chi connectivity index (χ3n) is 2.99. The number of nitrogens with one attached hydrogen (secondary N) is 1. The summed E-state index contributed by atoms with van der Waals surface area (Å²) in [7, 11) is 0. The van der Waals surface area contributed by atoms with Gasteiger partial charge in [0, 0.05) is 11.1 Å². The van der Waals surface area contributed by atoms with Crippen LogP contribution in [0.25, 0.3) is 0 Å². The molecule has 0 heterocycles. The zero-order valence-corrected chi connectivity index (χ0v) is 12.3. The summed E-state index contributed by atoms with van der Waals surface area (Å²) in [6.07, 6.45) is 0. The van der Waals surface area contributed by atoms with E-state index in [-0.39, 0.29) is 15.6 Å². The van der Waals surface area contributed by atoms with Crippen LogP contribution < -0.4 is 5.32 Å². The van der Waals surface area contributed by atoms with Gasteiger partial charge in [0.1, 0.15) is 17.5 Å². The van der Waals surface area contributed by atoms with Gasteiger partial charge in [0.2, 0.25) is 0 Å². The molecule has 1 atom stereocenters. The molecular formula is C15H13BrF3N. The molecule has 1 nitrogen and oxygen atoms in total. The molecule has 5 heteroatoms. The predicted octanol–water partition coefficient (Wildman–Crippen LogP) is 4.57. The molecule has 0 fully saturated rings. The van der Waals surface area contributed by atoms with Gasteiger partial charge in [-0.1, -0.05) is 25.1 Å². The molecular weight excluding hydrogens is 331 g/mol. The van der Waals surface area contributed by atoms with E-state index in [1.54, 1.807) is 19.1 Å². The quantitative estimate of drug-likeness (QED) is 0.857. The fraction of sp³-hybridized carbons (Fsp3) is 0.200. The van der Waals surface area contributed by atoms with Gasteiger partial charge < -0.3 is 5.32 Å². The second kappa shape index (κ2) is 6.41. The van der Waals surface area contributed by atoms with Crippen LogP contribution in [0.1, 0.15) is 24.1 Å². The van der Waals surface area contributed by atoms with Crippen molar-refractivity contribution >= 4 is 15.9 Å². The first kappa shape index (κ1) is 15.1. The molecule has 0 amide bonds. The summed E-state index contributed by atoms with van der Waals surface area (Å²) in [5.41, 5.74) is 0.0246. The van der Waals surface area contributed by atoms with Crippen LogP contribution in [0.3, 0.4) is 0 Å². The van der Waals surface area contributed by atoms with Crippen LogP contribution in [0.5, 0.6) is 0 Å². The molecule has 0 saturated carbocycles. The molecule has 1 N–H and O–H groups in total.